The van der Waals surface area contributed by atoms with Crippen molar-refractivity contribution in [3.8, 4) is 11.5 Å². The quantitative estimate of drug-likeness (QED) is 0.825. The molecule has 0 saturated carbocycles. The second kappa shape index (κ2) is 8.42. The molecule has 1 fully saturated rings. The van der Waals surface area contributed by atoms with Gasteiger partial charge < -0.3 is 14.8 Å². The van der Waals surface area contributed by atoms with Crippen LogP contribution in [0.5, 0.6) is 11.5 Å². The number of benzene rings is 1. The van der Waals surface area contributed by atoms with E-state index in [1.54, 1.807) is 6.08 Å². The molecule has 0 unspecified atom stereocenters. The van der Waals surface area contributed by atoms with Crippen LogP contribution in [0.1, 0.15) is 11.6 Å². The first kappa shape index (κ1) is 19.6. The molecule has 0 bridgehead atoms. The highest BCUT2D eigenvalue weighted by Gasteiger charge is 2.32. The summed E-state index contributed by atoms with van der Waals surface area (Å²) in [5.74, 6) is 0.253. The third-order valence-corrected chi connectivity index (χ3v) is 3.52. The van der Waals surface area contributed by atoms with E-state index in [2.05, 4.69) is 21.5 Å². The summed E-state index contributed by atoms with van der Waals surface area (Å²) in [5, 5.41) is 3.24. The normalized spacial score (nSPS) is 17.0. The average molecular weight is 353 g/mol. The van der Waals surface area contributed by atoms with Crippen LogP contribution >= 0.6 is 12.4 Å². The van der Waals surface area contributed by atoms with E-state index < -0.39 is 6.36 Å². The Morgan fingerprint density at radius 2 is 1.96 bits per heavy atom. The summed E-state index contributed by atoms with van der Waals surface area (Å²) in [6.07, 6.45) is -3.01. The Labute approximate surface area is 139 Å². The molecule has 1 N–H and O–H groups in total. The lowest BCUT2D eigenvalue weighted by Crippen LogP contribution is -2.44. The topological polar surface area (TPSA) is 33.7 Å². The van der Waals surface area contributed by atoms with Crippen LogP contribution in [0.4, 0.5) is 13.2 Å². The Balaban J connectivity index is 0.00000264. The van der Waals surface area contributed by atoms with Gasteiger partial charge in [0, 0.05) is 31.7 Å². The third kappa shape index (κ3) is 5.30. The fraction of sp³-hybridized carbons (Fsp3) is 0.467. The number of hydrogen-bond acceptors (Lipinski definition) is 4. The van der Waals surface area contributed by atoms with Crippen molar-refractivity contribution in [1.29, 1.82) is 0 Å². The molecule has 23 heavy (non-hydrogen) atoms. The first-order valence-electron chi connectivity index (χ1n) is 6.95. The SMILES string of the molecule is C=C[C@H](c1cc(OC(F)(F)F)ccc1OC)N1CCNCC1.Cl. The van der Waals surface area contributed by atoms with E-state index in [-0.39, 0.29) is 24.2 Å². The Morgan fingerprint density at radius 3 is 2.48 bits per heavy atom. The van der Waals surface area contributed by atoms with E-state index in [0.717, 1.165) is 26.2 Å². The van der Waals surface area contributed by atoms with Gasteiger partial charge in [-0.3, -0.25) is 4.90 Å². The lowest BCUT2D eigenvalue weighted by molar-refractivity contribution is -0.274. The van der Waals surface area contributed by atoms with Gasteiger partial charge in [0.15, 0.2) is 0 Å². The number of nitrogens with one attached hydrogen (secondary N) is 1. The van der Waals surface area contributed by atoms with Gasteiger partial charge in [0.05, 0.1) is 13.2 Å². The number of hydrogen-bond donors (Lipinski definition) is 1. The molecule has 1 aliphatic heterocycles. The van der Waals surface area contributed by atoms with Gasteiger partial charge in [0.25, 0.3) is 0 Å². The van der Waals surface area contributed by atoms with Crippen LogP contribution in [0, 0.1) is 0 Å². The zero-order valence-electron chi connectivity index (χ0n) is 12.7. The van der Waals surface area contributed by atoms with Crippen molar-refractivity contribution in [1.82, 2.24) is 10.2 Å². The van der Waals surface area contributed by atoms with Crippen molar-refractivity contribution in [2.24, 2.45) is 0 Å². The van der Waals surface area contributed by atoms with Crippen molar-refractivity contribution in [2.45, 2.75) is 12.4 Å². The third-order valence-electron chi connectivity index (χ3n) is 3.52. The first-order valence-corrected chi connectivity index (χ1v) is 6.95. The first-order chi connectivity index (χ1) is 10.4. The molecule has 0 radical (unpaired) electrons. The van der Waals surface area contributed by atoms with Crippen LogP contribution in [0.25, 0.3) is 0 Å². The predicted molar refractivity (Wildman–Crippen MR) is 84.3 cm³/mol. The summed E-state index contributed by atoms with van der Waals surface area (Å²) in [4.78, 5) is 2.14. The smallest absolute Gasteiger partial charge is 0.496 e. The van der Waals surface area contributed by atoms with Gasteiger partial charge in [-0.25, -0.2) is 0 Å². The Bertz CT molecular complexity index is 520. The molecule has 2 rings (SSSR count). The van der Waals surface area contributed by atoms with Crippen LogP contribution in [0.3, 0.4) is 0 Å². The summed E-state index contributed by atoms with van der Waals surface area (Å²) in [6.45, 7) is 7.03. The molecule has 0 aliphatic carbocycles. The van der Waals surface area contributed by atoms with Crippen molar-refractivity contribution < 1.29 is 22.6 Å². The highest BCUT2D eigenvalue weighted by molar-refractivity contribution is 5.85. The maximum absolute atomic E-state index is 12.4. The molecule has 0 amide bonds. The zero-order chi connectivity index (χ0) is 16.2. The Morgan fingerprint density at radius 1 is 1.30 bits per heavy atom. The number of piperazine rings is 1. The number of methoxy groups -OCH3 is 1. The molecule has 4 nitrogen and oxygen atoms in total. The summed E-state index contributed by atoms with van der Waals surface area (Å²) >= 11 is 0. The number of rotatable bonds is 5. The zero-order valence-corrected chi connectivity index (χ0v) is 13.5. The highest BCUT2D eigenvalue weighted by Crippen LogP contribution is 2.35. The van der Waals surface area contributed by atoms with Crippen molar-refractivity contribution in [3.63, 3.8) is 0 Å². The van der Waals surface area contributed by atoms with E-state index in [9.17, 15) is 13.2 Å². The summed E-state index contributed by atoms with van der Waals surface area (Å²) < 4.78 is 46.5. The Kier molecular flexibility index (Phi) is 7.18. The largest absolute Gasteiger partial charge is 0.573 e. The molecule has 1 heterocycles. The molecule has 1 aromatic carbocycles. The van der Waals surface area contributed by atoms with Gasteiger partial charge in [0.1, 0.15) is 11.5 Å². The average Bonchev–Trinajstić information content (AvgIpc) is 2.48. The summed E-state index contributed by atoms with van der Waals surface area (Å²) in [7, 11) is 1.49. The fourth-order valence-electron chi connectivity index (χ4n) is 2.57. The lowest BCUT2D eigenvalue weighted by atomic mass is 10.0. The number of halogens is 4. The maximum Gasteiger partial charge on any atom is 0.573 e. The number of ether oxygens (including phenoxy) is 2. The summed E-state index contributed by atoms with van der Waals surface area (Å²) in [5.41, 5.74) is 0.612. The van der Waals surface area contributed by atoms with E-state index in [0.29, 0.717) is 11.3 Å². The maximum atomic E-state index is 12.4. The van der Waals surface area contributed by atoms with Crippen molar-refractivity contribution in [2.75, 3.05) is 33.3 Å². The van der Waals surface area contributed by atoms with Gasteiger partial charge in [-0.1, -0.05) is 6.08 Å². The van der Waals surface area contributed by atoms with Gasteiger partial charge in [-0.15, -0.1) is 32.2 Å². The molecular formula is C15H20ClF3N2O2. The lowest BCUT2D eigenvalue weighted by Gasteiger charge is -2.34. The van der Waals surface area contributed by atoms with Crippen molar-refractivity contribution in [3.05, 3.63) is 36.4 Å². The van der Waals surface area contributed by atoms with Crippen LogP contribution in [0.15, 0.2) is 30.9 Å². The molecule has 1 saturated heterocycles. The molecule has 0 aromatic heterocycles. The predicted octanol–water partition coefficient (Wildman–Crippen LogP) is 3.15. The van der Waals surface area contributed by atoms with Gasteiger partial charge in [-0.2, -0.15) is 0 Å². The Hall–Kier alpha value is -1.44. The van der Waals surface area contributed by atoms with E-state index >= 15 is 0 Å². The van der Waals surface area contributed by atoms with Gasteiger partial charge >= 0.3 is 6.36 Å². The molecule has 130 valence electrons. The molecule has 1 aliphatic rings. The van der Waals surface area contributed by atoms with Crippen molar-refractivity contribution >= 4 is 12.4 Å². The monoisotopic (exact) mass is 352 g/mol. The number of nitrogens with zero attached hydrogens (tertiary/aromatic N) is 1. The molecule has 8 heteroatoms. The van der Waals surface area contributed by atoms with E-state index in [1.165, 1.54) is 25.3 Å². The van der Waals surface area contributed by atoms with Gasteiger partial charge in [0.2, 0.25) is 0 Å². The summed E-state index contributed by atoms with van der Waals surface area (Å²) in [6, 6.07) is 3.86. The molecule has 1 atom stereocenters. The molecule has 1 aromatic rings. The van der Waals surface area contributed by atoms with E-state index in [4.69, 9.17) is 4.74 Å². The second-order valence-corrected chi connectivity index (χ2v) is 4.92. The minimum atomic E-state index is -4.72. The minimum absolute atomic E-state index is 0. The van der Waals surface area contributed by atoms with Crippen LogP contribution in [-0.2, 0) is 0 Å². The minimum Gasteiger partial charge on any atom is -0.496 e. The number of alkyl halides is 3. The molecule has 0 spiro atoms. The standard InChI is InChI=1S/C15H19F3N2O2.ClH/c1-3-13(20-8-6-19-7-9-20)12-10-11(22-15(16,17)18)4-5-14(12)21-2;/h3-5,10,13,19H,1,6-9H2,2H3;1H/t13-;/m1./s1. The van der Waals surface area contributed by atoms with Crippen LogP contribution < -0.4 is 14.8 Å². The van der Waals surface area contributed by atoms with Crippen LogP contribution in [-0.4, -0.2) is 44.6 Å². The second-order valence-electron chi connectivity index (χ2n) is 4.92. The molecular weight excluding hydrogens is 333 g/mol. The fourth-order valence-corrected chi connectivity index (χ4v) is 2.57. The van der Waals surface area contributed by atoms with Gasteiger partial charge in [-0.05, 0) is 18.2 Å². The van der Waals surface area contributed by atoms with E-state index in [1.807, 2.05) is 0 Å². The highest BCUT2D eigenvalue weighted by atomic mass is 35.5. The van der Waals surface area contributed by atoms with Crippen LogP contribution in [0.2, 0.25) is 0 Å².